The molecule has 0 spiro atoms. The lowest BCUT2D eigenvalue weighted by molar-refractivity contribution is 0.104. The van der Waals surface area contributed by atoms with Crippen LogP contribution in [0.25, 0.3) is 0 Å². The van der Waals surface area contributed by atoms with Crippen LogP contribution in [0.3, 0.4) is 0 Å². The Labute approximate surface area is 100 Å². The van der Waals surface area contributed by atoms with Gasteiger partial charge in [0.2, 0.25) is 0 Å². The Morgan fingerprint density at radius 2 is 2.06 bits per heavy atom. The molecule has 0 bridgehead atoms. The minimum atomic E-state index is 0.305. The second kappa shape index (κ2) is 6.58. The predicted molar refractivity (Wildman–Crippen MR) is 68.6 cm³/mol. The molecular formula is C13H28N2O. The summed E-state index contributed by atoms with van der Waals surface area (Å²) in [7, 11) is 2.19. The van der Waals surface area contributed by atoms with Crippen molar-refractivity contribution in [2.45, 2.75) is 45.7 Å². The first-order valence-electron chi connectivity index (χ1n) is 6.59. The lowest BCUT2D eigenvalue weighted by atomic mass is 10.1. The van der Waals surface area contributed by atoms with Crippen LogP contribution in [0.4, 0.5) is 0 Å². The minimum absolute atomic E-state index is 0.305. The molecule has 0 saturated carbocycles. The number of likely N-dealkylation sites (N-methyl/N-ethyl adjacent to an activating group) is 1. The van der Waals surface area contributed by atoms with E-state index in [1.165, 1.54) is 13.0 Å². The summed E-state index contributed by atoms with van der Waals surface area (Å²) < 4.78 is 0. The van der Waals surface area contributed by atoms with Gasteiger partial charge in [-0.15, -0.1) is 0 Å². The summed E-state index contributed by atoms with van der Waals surface area (Å²) in [5.41, 5.74) is 0. The van der Waals surface area contributed by atoms with Gasteiger partial charge in [0.05, 0.1) is 0 Å². The lowest BCUT2D eigenvalue weighted by Gasteiger charge is -2.35. The third-order valence-electron chi connectivity index (χ3n) is 3.52. The molecule has 1 N–H and O–H groups in total. The van der Waals surface area contributed by atoms with E-state index in [1.807, 2.05) is 0 Å². The second-order valence-corrected chi connectivity index (χ2v) is 5.66. The summed E-state index contributed by atoms with van der Waals surface area (Å²) in [6, 6.07) is 1.17. The predicted octanol–water partition coefficient (Wildman–Crippen LogP) is 1.42. The van der Waals surface area contributed by atoms with Gasteiger partial charge in [0, 0.05) is 31.8 Å². The minimum Gasteiger partial charge on any atom is -0.396 e. The normalized spacial score (nSPS) is 29.6. The number of hydrogen-bond acceptors (Lipinski definition) is 3. The van der Waals surface area contributed by atoms with E-state index in [4.69, 9.17) is 0 Å². The topological polar surface area (TPSA) is 26.7 Å². The van der Waals surface area contributed by atoms with E-state index in [1.54, 1.807) is 0 Å². The zero-order valence-electron chi connectivity index (χ0n) is 11.3. The first-order valence-corrected chi connectivity index (χ1v) is 6.59. The van der Waals surface area contributed by atoms with Gasteiger partial charge in [-0.25, -0.2) is 0 Å². The van der Waals surface area contributed by atoms with Crippen molar-refractivity contribution >= 4 is 0 Å². The van der Waals surface area contributed by atoms with Crippen LogP contribution >= 0.6 is 0 Å². The highest BCUT2D eigenvalue weighted by Crippen LogP contribution is 2.19. The van der Waals surface area contributed by atoms with E-state index < -0.39 is 0 Å². The molecule has 2 unspecified atom stereocenters. The molecule has 0 radical (unpaired) electrons. The van der Waals surface area contributed by atoms with Gasteiger partial charge in [0.1, 0.15) is 0 Å². The van der Waals surface area contributed by atoms with Gasteiger partial charge in [-0.1, -0.05) is 13.8 Å². The molecule has 0 aromatic rings. The maximum absolute atomic E-state index is 9.19. The van der Waals surface area contributed by atoms with Crippen LogP contribution in [0.2, 0.25) is 0 Å². The van der Waals surface area contributed by atoms with Gasteiger partial charge in [0.25, 0.3) is 0 Å². The fraction of sp³-hybridized carbons (Fsp3) is 1.00. The Morgan fingerprint density at radius 1 is 1.38 bits per heavy atom. The highest BCUT2D eigenvalue weighted by atomic mass is 16.3. The molecule has 0 aromatic carbocycles. The van der Waals surface area contributed by atoms with Crippen LogP contribution in [-0.2, 0) is 0 Å². The molecule has 0 aromatic heterocycles. The third-order valence-corrected chi connectivity index (χ3v) is 3.52. The van der Waals surface area contributed by atoms with Gasteiger partial charge in [-0.05, 0) is 39.3 Å². The number of nitrogens with zero attached hydrogens (tertiary/aromatic N) is 2. The lowest BCUT2D eigenvalue weighted by Crippen LogP contribution is -2.46. The van der Waals surface area contributed by atoms with Crippen molar-refractivity contribution in [1.29, 1.82) is 0 Å². The largest absolute Gasteiger partial charge is 0.396 e. The Balaban J connectivity index is 2.68. The molecule has 16 heavy (non-hydrogen) atoms. The molecule has 0 amide bonds. The first kappa shape index (κ1) is 13.9. The first-order chi connectivity index (χ1) is 7.54. The number of aliphatic hydroxyl groups excluding tert-OH is 1. The van der Waals surface area contributed by atoms with Crippen molar-refractivity contribution in [3.05, 3.63) is 0 Å². The summed E-state index contributed by atoms with van der Waals surface area (Å²) in [5.74, 6) is 0.701. The molecule has 1 heterocycles. The SMILES string of the molecule is CC(C)CN1C(C)CCN(C)CC1CCO. The fourth-order valence-electron chi connectivity index (χ4n) is 2.65. The zero-order valence-corrected chi connectivity index (χ0v) is 11.3. The third kappa shape index (κ3) is 4.04. The second-order valence-electron chi connectivity index (χ2n) is 5.66. The average Bonchev–Trinajstić information content (AvgIpc) is 2.32. The van der Waals surface area contributed by atoms with Gasteiger partial charge < -0.3 is 10.0 Å². The van der Waals surface area contributed by atoms with E-state index in [2.05, 4.69) is 37.6 Å². The summed E-state index contributed by atoms with van der Waals surface area (Å²) in [6.45, 7) is 10.6. The maximum Gasteiger partial charge on any atom is 0.0446 e. The molecule has 1 saturated heterocycles. The van der Waals surface area contributed by atoms with Crippen LogP contribution in [0.15, 0.2) is 0 Å². The molecule has 3 heteroatoms. The molecule has 1 aliphatic rings. The van der Waals surface area contributed by atoms with E-state index in [9.17, 15) is 5.11 Å². The summed E-state index contributed by atoms with van der Waals surface area (Å²) in [5, 5.41) is 9.19. The highest BCUT2D eigenvalue weighted by molar-refractivity contribution is 4.83. The summed E-state index contributed by atoms with van der Waals surface area (Å²) in [4.78, 5) is 5.00. The van der Waals surface area contributed by atoms with Crippen LogP contribution < -0.4 is 0 Å². The molecule has 96 valence electrons. The van der Waals surface area contributed by atoms with Gasteiger partial charge in [0.15, 0.2) is 0 Å². The Bertz CT molecular complexity index is 196. The van der Waals surface area contributed by atoms with Crippen molar-refractivity contribution in [3.8, 4) is 0 Å². The van der Waals surface area contributed by atoms with Gasteiger partial charge >= 0.3 is 0 Å². The van der Waals surface area contributed by atoms with E-state index >= 15 is 0 Å². The van der Waals surface area contributed by atoms with Crippen molar-refractivity contribution in [3.63, 3.8) is 0 Å². The van der Waals surface area contributed by atoms with Crippen LogP contribution in [0, 0.1) is 5.92 Å². The monoisotopic (exact) mass is 228 g/mol. The molecule has 1 rings (SSSR count). The number of hydrogen-bond donors (Lipinski definition) is 1. The Kier molecular flexibility index (Phi) is 5.73. The van der Waals surface area contributed by atoms with Crippen LogP contribution in [-0.4, -0.2) is 60.3 Å². The highest BCUT2D eigenvalue weighted by Gasteiger charge is 2.27. The quantitative estimate of drug-likeness (QED) is 0.788. The van der Waals surface area contributed by atoms with Gasteiger partial charge in [-0.3, -0.25) is 4.90 Å². The van der Waals surface area contributed by atoms with E-state index in [-0.39, 0.29) is 0 Å². The van der Waals surface area contributed by atoms with E-state index in [0.29, 0.717) is 24.6 Å². The number of rotatable bonds is 4. The van der Waals surface area contributed by atoms with Crippen molar-refractivity contribution in [1.82, 2.24) is 9.80 Å². The number of aliphatic hydroxyl groups is 1. The van der Waals surface area contributed by atoms with Crippen molar-refractivity contribution in [2.75, 3.05) is 33.3 Å². The van der Waals surface area contributed by atoms with Gasteiger partial charge in [-0.2, -0.15) is 0 Å². The summed E-state index contributed by atoms with van der Waals surface area (Å²) in [6.07, 6.45) is 2.15. The zero-order chi connectivity index (χ0) is 12.1. The molecule has 2 atom stereocenters. The maximum atomic E-state index is 9.19. The van der Waals surface area contributed by atoms with Crippen molar-refractivity contribution < 1.29 is 5.11 Å². The van der Waals surface area contributed by atoms with Crippen molar-refractivity contribution in [2.24, 2.45) is 5.92 Å². The summed E-state index contributed by atoms with van der Waals surface area (Å²) >= 11 is 0. The average molecular weight is 228 g/mol. The van der Waals surface area contributed by atoms with E-state index in [0.717, 1.165) is 19.5 Å². The van der Waals surface area contributed by atoms with Crippen LogP contribution in [0.1, 0.15) is 33.6 Å². The molecule has 1 aliphatic heterocycles. The molecule has 0 aliphatic carbocycles. The molecule has 1 fully saturated rings. The molecule has 3 nitrogen and oxygen atoms in total. The van der Waals surface area contributed by atoms with Crippen LogP contribution in [0.5, 0.6) is 0 Å². The Hall–Kier alpha value is -0.120. The fourth-order valence-corrected chi connectivity index (χ4v) is 2.65. The standard InChI is InChI=1S/C13H28N2O/c1-11(2)9-15-12(3)5-7-14(4)10-13(15)6-8-16/h11-13,16H,5-10H2,1-4H3. The molecular weight excluding hydrogens is 200 g/mol. The Morgan fingerprint density at radius 3 is 2.62 bits per heavy atom. The smallest absolute Gasteiger partial charge is 0.0446 e.